The van der Waals surface area contributed by atoms with Crippen LogP contribution >= 0.6 is 0 Å². The van der Waals surface area contributed by atoms with Crippen LogP contribution in [0.4, 0.5) is 0 Å². The molecule has 1 fully saturated rings. The van der Waals surface area contributed by atoms with Crippen molar-refractivity contribution in [2.45, 2.75) is 63.4 Å². The van der Waals surface area contributed by atoms with Gasteiger partial charge in [0.2, 0.25) is 0 Å². The molecule has 0 saturated heterocycles. The third-order valence-corrected chi connectivity index (χ3v) is 7.00. The lowest BCUT2D eigenvalue weighted by Crippen LogP contribution is -2.39. The Morgan fingerprint density at radius 1 is 1.00 bits per heavy atom. The van der Waals surface area contributed by atoms with E-state index in [2.05, 4.69) is 17.1 Å². The molecule has 1 aromatic carbocycles. The number of carbonyl (C=O) groups is 2. The molecule has 0 spiro atoms. The summed E-state index contributed by atoms with van der Waals surface area (Å²) in [4.78, 5) is 36.2. The highest BCUT2D eigenvalue weighted by Gasteiger charge is 2.45. The maximum absolute atomic E-state index is 13.5. The van der Waals surface area contributed by atoms with Crippen molar-refractivity contribution in [1.29, 1.82) is 0 Å². The number of hydrogen-bond donors (Lipinski definition) is 0. The molecule has 5 heteroatoms. The van der Waals surface area contributed by atoms with Gasteiger partial charge in [0.25, 0.3) is 0 Å². The molecule has 2 heterocycles. The number of esters is 1. The molecule has 32 heavy (non-hydrogen) atoms. The first-order valence-corrected chi connectivity index (χ1v) is 11.6. The highest BCUT2D eigenvalue weighted by molar-refractivity contribution is 6.09. The van der Waals surface area contributed by atoms with Crippen molar-refractivity contribution >= 4 is 17.5 Å². The van der Waals surface area contributed by atoms with E-state index in [0.29, 0.717) is 24.1 Å². The zero-order valence-electron chi connectivity index (χ0n) is 18.4. The normalized spacial score (nSPS) is 26.0. The second-order valence-electron chi connectivity index (χ2n) is 9.11. The number of nitrogens with zero attached hydrogens (tertiary/aromatic N) is 2. The number of rotatable bonds is 4. The molecule has 164 valence electrons. The van der Waals surface area contributed by atoms with E-state index in [4.69, 9.17) is 9.73 Å². The predicted molar refractivity (Wildman–Crippen MR) is 122 cm³/mol. The Balaban J connectivity index is 1.53. The van der Waals surface area contributed by atoms with Crippen LogP contribution in [0.2, 0.25) is 0 Å². The first-order valence-electron chi connectivity index (χ1n) is 11.6. The van der Waals surface area contributed by atoms with Gasteiger partial charge >= 0.3 is 5.97 Å². The quantitative estimate of drug-likeness (QED) is 0.632. The fourth-order valence-electron chi connectivity index (χ4n) is 5.45. The summed E-state index contributed by atoms with van der Waals surface area (Å²) in [6, 6.07) is 15.8. The first-order chi connectivity index (χ1) is 15.6. The zero-order valence-corrected chi connectivity index (χ0v) is 18.4. The Labute approximate surface area is 188 Å². The van der Waals surface area contributed by atoms with Crippen LogP contribution in [0.25, 0.3) is 0 Å². The molecule has 2 aromatic rings. The number of carbonyl (C=O) groups excluding carboxylic acids is 2. The second kappa shape index (κ2) is 8.81. The fraction of sp³-hybridized carbons (Fsp3) is 0.407. The van der Waals surface area contributed by atoms with Crippen molar-refractivity contribution in [2.75, 3.05) is 0 Å². The molecular weight excluding hydrogens is 400 g/mol. The zero-order chi connectivity index (χ0) is 22.1. The Morgan fingerprint density at radius 2 is 1.75 bits per heavy atom. The van der Waals surface area contributed by atoms with E-state index in [1.54, 1.807) is 6.20 Å². The fourth-order valence-corrected chi connectivity index (χ4v) is 5.45. The summed E-state index contributed by atoms with van der Waals surface area (Å²) >= 11 is 0. The molecule has 1 saturated carbocycles. The van der Waals surface area contributed by atoms with Crippen LogP contribution < -0.4 is 0 Å². The number of allylic oxidation sites excluding steroid dienone is 2. The molecule has 0 N–H and O–H groups in total. The van der Waals surface area contributed by atoms with Crippen molar-refractivity contribution in [2.24, 2.45) is 10.9 Å². The lowest BCUT2D eigenvalue weighted by atomic mass is 9.70. The maximum Gasteiger partial charge on any atom is 0.315 e. The van der Waals surface area contributed by atoms with E-state index >= 15 is 0 Å². The molecule has 2 aliphatic carbocycles. The lowest BCUT2D eigenvalue weighted by molar-refractivity contribution is -0.151. The number of aromatic nitrogens is 1. The van der Waals surface area contributed by atoms with Gasteiger partial charge in [-0.15, -0.1) is 0 Å². The van der Waals surface area contributed by atoms with Gasteiger partial charge in [-0.3, -0.25) is 19.6 Å². The average Bonchev–Trinajstić information content (AvgIpc) is 3.32. The topological polar surface area (TPSA) is 68.6 Å². The first kappa shape index (κ1) is 20.8. The van der Waals surface area contributed by atoms with Crippen LogP contribution in [0.1, 0.15) is 68.5 Å². The molecular formula is C27H28N2O3. The lowest BCUT2D eigenvalue weighted by Gasteiger charge is -2.36. The van der Waals surface area contributed by atoms with Crippen LogP contribution in [0.3, 0.4) is 0 Å². The summed E-state index contributed by atoms with van der Waals surface area (Å²) < 4.78 is 5.90. The number of ketones is 1. The molecule has 0 bridgehead atoms. The van der Waals surface area contributed by atoms with Gasteiger partial charge in [-0.2, -0.15) is 0 Å². The molecule has 5 rings (SSSR count). The Hall–Kier alpha value is -3.08. The van der Waals surface area contributed by atoms with Crippen molar-refractivity contribution in [3.8, 4) is 0 Å². The summed E-state index contributed by atoms with van der Waals surface area (Å²) in [5, 5.41) is 0. The minimum absolute atomic E-state index is 0.0282. The molecule has 1 aliphatic heterocycles. The van der Waals surface area contributed by atoms with Crippen molar-refractivity contribution in [1.82, 2.24) is 4.98 Å². The summed E-state index contributed by atoms with van der Waals surface area (Å²) in [6.45, 7) is 1.89. The van der Waals surface area contributed by atoms with E-state index in [-0.39, 0.29) is 23.8 Å². The van der Waals surface area contributed by atoms with Gasteiger partial charge in [0.15, 0.2) is 5.78 Å². The van der Waals surface area contributed by atoms with Crippen molar-refractivity contribution < 1.29 is 14.3 Å². The minimum Gasteiger partial charge on any atom is -0.462 e. The SMILES string of the molecule is CC1=NC2=C(C(=O)C[C@H](c3ccccc3)C2)[C@H](c2ccccn2)C1C(=O)OC1CCCC1. The number of aliphatic imine (C=N–C) groups is 1. The number of benzene rings is 1. The minimum atomic E-state index is -0.610. The summed E-state index contributed by atoms with van der Waals surface area (Å²) in [7, 11) is 0. The highest BCUT2D eigenvalue weighted by atomic mass is 16.5. The van der Waals surface area contributed by atoms with Crippen LogP contribution in [0.5, 0.6) is 0 Å². The largest absolute Gasteiger partial charge is 0.462 e. The van der Waals surface area contributed by atoms with Crippen molar-refractivity contribution in [3.05, 3.63) is 77.3 Å². The summed E-state index contributed by atoms with van der Waals surface area (Å²) in [5.41, 5.74) is 4.04. The molecule has 1 unspecified atom stereocenters. The average molecular weight is 429 g/mol. The summed E-state index contributed by atoms with van der Waals surface area (Å²) in [5.74, 6) is -1.17. The molecule has 3 atom stereocenters. The van der Waals surface area contributed by atoms with Gasteiger partial charge in [0.1, 0.15) is 12.0 Å². The third-order valence-electron chi connectivity index (χ3n) is 7.00. The van der Waals surface area contributed by atoms with Crippen LogP contribution in [-0.2, 0) is 14.3 Å². The standard InChI is InChI=1S/C27H28N2O3/c1-17-24(27(31)32-20-11-5-6-12-20)26(21-13-7-8-14-28-21)25-22(29-17)15-19(16-23(25)30)18-9-3-2-4-10-18/h2-4,7-10,13-14,19-20,24,26H,5-6,11-12,15-16H2,1H3/t19-,24?,26-/m1/s1. The van der Waals surface area contributed by atoms with E-state index < -0.39 is 11.8 Å². The van der Waals surface area contributed by atoms with E-state index in [9.17, 15) is 9.59 Å². The van der Waals surface area contributed by atoms with Gasteiger partial charge in [0, 0.05) is 35.3 Å². The molecule has 0 radical (unpaired) electrons. The number of ether oxygens (including phenoxy) is 1. The Kier molecular flexibility index (Phi) is 5.73. The molecule has 0 amide bonds. The van der Waals surface area contributed by atoms with E-state index in [0.717, 1.165) is 42.6 Å². The van der Waals surface area contributed by atoms with Crippen LogP contribution in [0, 0.1) is 5.92 Å². The van der Waals surface area contributed by atoms with Crippen molar-refractivity contribution in [3.63, 3.8) is 0 Å². The number of pyridine rings is 1. The van der Waals surface area contributed by atoms with Gasteiger partial charge in [0.05, 0.1) is 5.92 Å². The van der Waals surface area contributed by atoms with Gasteiger partial charge in [-0.1, -0.05) is 36.4 Å². The second-order valence-corrected chi connectivity index (χ2v) is 9.11. The number of hydrogen-bond acceptors (Lipinski definition) is 5. The predicted octanol–water partition coefficient (Wildman–Crippen LogP) is 5.14. The van der Waals surface area contributed by atoms with Gasteiger partial charge in [-0.25, -0.2) is 0 Å². The third kappa shape index (κ3) is 3.92. The monoisotopic (exact) mass is 428 g/mol. The van der Waals surface area contributed by atoms with Gasteiger partial charge in [-0.05, 0) is 62.6 Å². The Bertz CT molecular complexity index is 1070. The maximum atomic E-state index is 13.5. The molecule has 3 aliphatic rings. The Morgan fingerprint density at radius 3 is 2.47 bits per heavy atom. The smallest absolute Gasteiger partial charge is 0.315 e. The number of Topliss-reactive ketones (excluding diaryl/α,β-unsaturated/α-hetero) is 1. The van der Waals surface area contributed by atoms with E-state index in [1.165, 1.54) is 0 Å². The highest BCUT2D eigenvalue weighted by Crippen LogP contribution is 2.46. The molecule has 1 aromatic heterocycles. The molecule has 5 nitrogen and oxygen atoms in total. The van der Waals surface area contributed by atoms with E-state index in [1.807, 2.05) is 43.3 Å². The van der Waals surface area contributed by atoms with Gasteiger partial charge < -0.3 is 4.74 Å². The van der Waals surface area contributed by atoms with Crippen LogP contribution in [-0.4, -0.2) is 28.6 Å². The summed E-state index contributed by atoms with van der Waals surface area (Å²) in [6.07, 6.45) is 6.81. The van der Waals surface area contributed by atoms with Crippen LogP contribution in [0.15, 0.2) is 71.0 Å².